The number of hydrogen-bond donors (Lipinski definition) is 3. The molecule has 15 heavy (non-hydrogen) atoms. The van der Waals surface area contributed by atoms with Crippen LogP contribution in [0.25, 0.3) is 0 Å². The second kappa shape index (κ2) is 6.36. The molecule has 0 rings (SSSR count). The fraction of sp³-hybridized carbons (Fsp3) is 0.778. The molecule has 0 saturated carbocycles. The van der Waals surface area contributed by atoms with E-state index in [-0.39, 0.29) is 18.9 Å². The molecule has 0 fully saturated rings. The maximum absolute atomic E-state index is 11.0. The third-order valence-electron chi connectivity index (χ3n) is 1.87. The molecule has 1 atom stereocenters. The largest absolute Gasteiger partial charge is 0.467 e. The van der Waals surface area contributed by atoms with E-state index in [1.165, 1.54) is 14.0 Å². The van der Waals surface area contributed by atoms with E-state index in [0.717, 1.165) is 0 Å². The standard InChI is InChI=1S/C9H18N2O4/c1-9(14,8(13)15-2)6-11-5-3-4-7(10)12/h11,14H,3-6H2,1-2H3,(H2,10,12). The molecule has 0 saturated heterocycles. The molecule has 0 aromatic heterocycles. The van der Waals surface area contributed by atoms with Gasteiger partial charge in [0.15, 0.2) is 5.60 Å². The first-order valence-electron chi connectivity index (χ1n) is 4.70. The van der Waals surface area contributed by atoms with Crippen molar-refractivity contribution in [1.29, 1.82) is 0 Å². The topological polar surface area (TPSA) is 102 Å². The minimum Gasteiger partial charge on any atom is -0.467 e. The third-order valence-corrected chi connectivity index (χ3v) is 1.87. The van der Waals surface area contributed by atoms with Crippen LogP contribution < -0.4 is 11.1 Å². The van der Waals surface area contributed by atoms with Gasteiger partial charge in [0.05, 0.1) is 7.11 Å². The van der Waals surface area contributed by atoms with Gasteiger partial charge in [-0.1, -0.05) is 0 Å². The number of ether oxygens (including phenoxy) is 1. The zero-order chi connectivity index (χ0) is 11.9. The minimum atomic E-state index is -1.54. The molecule has 4 N–H and O–H groups in total. The molecule has 0 aliphatic rings. The molecule has 1 amide bonds. The van der Waals surface area contributed by atoms with Crippen molar-refractivity contribution in [1.82, 2.24) is 5.32 Å². The average Bonchev–Trinajstić information content (AvgIpc) is 2.15. The average molecular weight is 218 g/mol. The smallest absolute Gasteiger partial charge is 0.338 e. The Balaban J connectivity index is 3.66. The third kappa shape index (κ3) is 6.03. The highest BCUT2D eigenvalue weighted by Gasteiger charge is 2.30. The van der Waals surface area contributed by atoms with Crippen LogP contribution in [0.5, 0.6) is 0 Å². The van der Waals surface area contributed by atoms with E-state index in [1.807, 2.05) is 0 Å². The van der Waals surface area contributed by atoms with Crippen LogP contribution in [-0.4, -0.2) is 42.8 Å². The summed E-state index contributed by atoms with van der Waals surface area (Å²) >= 11 is 0. The molecule has 0 spiro atoms. The van der Waals surface area contributed by atoms with Crippen molar-refractivity contribution in [3.05, 3.63) is 0 Å². The number of primary amides is 1. The van der Waals surface area contributed by atoms with E-state index in [4.69, 9.17) is 5.73 Å². The summed E-state index contributed by atoms with van der Waals surface area (Å²) in [5, 5.41) is 12.4. The van der Waals surface area contributed by atoms with E-state index in [0.29, 0.717) is 13.0 Å². The Morgan fingerprint density at radius 3 is 2.60 bits per heavy atom. The Labute approximate surface area is 88.8 Å². The summed E-state index contributed by atoms with van der Waals surface area (Å²) in [6.45, 7) is 1.95. The van der Waals surface area contributed by atoms with Crippen LogP contribution in [-0.2, 0) is 14.3 Å². The van der Waals surface area contributed by atoms with Gasteiger partial charge >= 0.3 is 5.97 Å². The van der Waals surface area contributed by atoms with Gasteiger partial charge in [-0.2, -0.15) is 0 Å². The first kappa shape index (κ1) is 13.9. The lowest BCUT2D eigenvalue weighted by Crippen LogP contribution is -2.45. The maximum atomic E-state index is 11.0. The van der Waals surface area contributed by atoms with Gasteiger partial charge in [0.2, 0.25) is 5.91 Å². The van der Waals surface area contributed by atoms with E-state index in [9.17, 15) is 14.7 Å². The molecule has 0 aliphatic carbocycles. The summed E-state index contributed by atoms with van der Waals surface area (Å²) in [6, 6.07) is 0. The number of amides is 1. The van der Waals surface area contributed by atoms with Gasteiger partial charge in [-0.25, -0.2) is 4.79 Å². The number of esters is 1. The molecular weight excluding hydrogens is 200 g/mol. The summed E-state index contributed by atoms with van der Waals surface area (Å²) in [6.07, 6.45) is 0.861. The predicted octanol–water partition coefficient (Wildman–Crippen LogP) is -1.23. The van der Waals surface area contributed by atoms with E-state index in [1.54, 1.807) is 0 Å². The fourth-order valence-corrected chi connectivity index (χ4v) is 1.01. The monoisotopic (exact) mass is 218 g/mol. The highest BCUT2D eigenvalue weighted by molar-refractivity contribution is 5.78. The SMILES string of the molecule is COC(=O)C(C)(O)CNCCCC(N)=O. The second-order valence-electron chi connectivity index (χ2n) is 3.51. The van der Waals surface area contributed by atoms with Crippen LogP contribution >= 0.6 is 0 Å². The van der Waals surface area contributed by atoms with Crippen LogP contribution in [0.15, 0.2) is 0 Å². The molecule has 0 aromatic carbocycles. The van der Waals surface area contributed by atoms with Crippen molar-refractivity contribution < 1.29 is 19.4 Å². The van der Waals surface area contributed by atoms with E-state index >= 15 is 0 Å². The van der Waals surface area contributed by atoms with Crippen LogP contribution in [0.1, 0.15) is 19.8 Å². The molecule has 0 radical (unpaired) electrons. The van der Waals surface area contributed by atoms with Crippen molar-refractivity contribution in [2.24, 2.45) is 5.73 Å². The first-order chi connectivity index (χ1) is 6.90. The summed E-state index contributed by atoms with van der Waals surface area (Å²) in [7, 11) is 1.21. The summed E-state index contributed by atoms with van der Waals surface area (Å²) < 4.78 is 4.41. The minimum absolute atomic E-state index is 0.0818. The lowest BCUT2D eigenvalue weighted by Gasteiger charge is -2.20. The van der Waals surface area contributed by atoms with Crippen LogP contribution in [0.3, 0.4) is 0 Å². The number of rotatable bonds is 7. The molecule has 0 heterocycles. The van der Waals surface area contributed by atoms with Crippen LogP contribution in [0.4, 0.5) is 0 Å². The lowest BCUT2D eigenvalue weighted by molar-refractivity contribution is -0.159. The molecule has 1 unspecified atom stereocenters. The van der Waals surface area contributed by atoms with Gasteiger partial charge in [-0.05, 0) is 19.9 Å². The Hall–Kier alpha value is -1.14. The van der Waals surface area contributed by atoms with Crippen molar-refractivity contribution in [2.75, 3.05) is 20.2 Å². The second-order valence-corrected chi connectivity index (χ2v) is 3.51. The number of methoxy groups -OCH3 is 1. The predicted molar refractivity (Wildman–Crippen MR) is 53.9 cm³/mol. The molecular formula is C9H18N2O4. The van der Waals surface area contributed by atoms with Crippen molar-refractivity contribution in [3.63, 3.8) is 0 Å². The summed E-state index contributed by atoms with van der Waals surface area (Å²) in [5.41, 5.74) is 3.40. The summed E-state index contributed by atoms with van der Waals surface area (Å²) in [5.74, 6) is -1.05. The quantitative estimate of drug-likeness (QED) is 0.366. The highest BCUT2D eigenvalue weighted by Crippen LogP contribution is 2.03. The van der Waals surface area contributed by atoms with Crippen molar-refractivity contribution in [3.8, 4) is 0 Å². The molecule has 6 nitrogen and oxygen atoms in total. The van der Waals surface area contributed by atoms with Crippen molar-refractivity contribution >= 4 is 11.9 Å². The van der Waals surface area contributed by atoms with Crippen LogP contribution in [0.2, 0.25) is 0 Å². The number of carbonyl (C=O) groups is 2. The number of nitrogens with two attached hydrogens (primary N) is 1. The molecule has 6 heteroatoms. The first-order valence-corrected chi connectivity index (χ1v) is 4.70. The molecule has 0 aliphatic heterocycles. The Morgan fingerprint density at radius 1 is 1.53 bits per heavy atom. The molecule has 88 valence electrons. The number of carbonyl (C=O) groups excluding carboxylic acids is 2. The highest BCUT2D eigenvalue weighted by atomic mass is 16.5. The van der Waals surface area contributed by atoms with Gasteiger partial charge in [0, 0.05) is 13.0 Å². The van der Waals surface area contributed by atoms with Gasteiger partial charge in [-0.15, -0.1) is 0 Å². The Bertz CT molecular complexity index is 228. The fourth-order valence-electron chi connectivity index (χ4n) is 1.01. The van der Waals surface area contributed by atoms with E-state index in [2.05, 4.69) is 10.1 Å². The number of nitrogens with one attached hydrogen (secondary N) is 1. The van der Waals surface area contributed by atoms with E-state index < -0.39 is 11.6 Å². The Morgan fingerprint density at radius 2 is 2.13 bits per heavy atom. The lowest BCUT2D eigenvalue weighted by atomic mass is 10.1. The van der Waals surface area contributed by atoms with Gasteiger partial charge < -0.3 is 20.9 Å². The normalized spacial score (nSPS) is 14.3. The van der Waals surface area contributed by atoms with Gasteiger partial charge in [-0.3, -0.25) is 4.79 Å². The number of aliphatic hydroxyl groups is 1. The summed E-state index contributed by atoms with van der Waals surface area (Å²) in [4.78, 5) is 21.4. The maximum Gasteiger partial charge on any atom is 0.338 e. The zero-order valence-corrected chi connectivity index (χ0v) is 9.08. The van der Waals surface area contributed by atoms with Gasteiger partial charge in [0.25, 0.3) is 0 Å². The van der Waals surface area contributed by atoms with Gasteiger partial charge in [0.1, 0.15) is 0 Å². The zero-order valence-electron chi connectivity index (χ0n) is 9.08. The van der Waals surface area contributed by atoms with Crippen LogP contribution in [0, 0.1) is 0 Å². The molecule has 0 bridgehead atoms. The van der Waals surface area contributed by atoms with Crippen molar-refractivity contribution in [2.45, 2.75) is 25.4 Å². The molecule has 0 aromatic rings. The number of hydrogen-bond acceptors (Lipinski definition) is 5. The Kier molecular flexibility index (Phi) is 5.88.